The summed E-state index contributed by atoms with van der Waals surface area (Å²) in [6.45, 7) is 5.95. The summed E-state index contributed by atoms with van der Waals surface area (Å²) in [6.07, 6.45) is 0. The van der Waals surface area contributed by atoms with E-state index >= 15 is 0 Å². The predicted octanol–water partition coefficient (Wildman–Crippen LogP) is 3.39. The van der Waals surface area contributed by atoms with Crippen LogP contribution in [0.3, 0.4) is 0 Å². The number of carbonyl (C=O) groups excluding carboxylic acids is 1. The molecule has 0 radical (unpaired) electrons. The van der Waals surface area contributed by atoms with Crippen LogP contribution in [0.2, 0.25) is 5.02 Å². The maximum absolute atomic E-state index is 12.3. The quantitative estimate of drug-likeness (QED) is 0.361. The van der Waals surface area contributed by atoms with E-state index in [2.05, 4.69) is 15.5 Å². The number of hydrogen-bond donors (Lipinski definition) is 0. The number of carbonyl (C=O) groups is 1. The second-order valence-corrected chi connectivity index (χ2v) is 8.38. The number of esters is 1. The molecule has 0 aliphatic rings. The molecule has 182 valence electrons. The minimum absolute atomic E-state index is 0.119. The molecule has 2 aromatic heterocycles. The summed E-state index contributed by atoms with van der Waals surface area (Å²) >= 11 is 6.43. The summed E-state index contributed by atoms with van der Waals surface area (Å²) in [5.41, 5.74) is 4.31. The number of aryl methyl sites for hydroxylation is 3. The Kier molecular flexibility index (Phi) is 6.74. The van der Waals surface area contributed by atoms with Crippen molar-refractivity contribution in [1.82, 2.24) is 29.6 Å². The van der Waals surface area contributed by atoms with Gasteiger partial charge < -0.3 is 9.47 Å². The highest BCUT2D eigenvalue weighted by Gasteiger charge is 2.21. The van der Waals surface area contributed by atoms with E-state index in [9.17, 15) is 9.59 Å². The zero-order valence-corrected chi connectivity index (χ0v) is 20.8. The Morgan fingerprint density at radius 2 is 1.86 bits per heavy atom. The number of benzene rings is 2. The molecule has 4 rings (SSSR count). The molecule has 0 spiro atoms. The number of rotatable bonds is 7. The first kappa shape index (κ1) is 24.2. The number of hydrogen-bond acceptors (Lipinski definition) is 7. The number of ether oxygens (including phenoxy) is 2. The van der Waals surface area contributed by atoms with Gasteiger partial charge in [0.15, 0.2) is 0 Å². The van der Waals surface area contributed by atoms with E-state index in [1.54, 1.807) is 32.2 Å². The molecule has 0 fully saturated rings. The van der Waals surface area contributed by atoms with Gasteiger partial charge in [0.2, 0.25) is 0 Å². The molecule has 11 heteroatoms. The van der Waals surface area contributed by atoms with Gasteiger partial charge >= 0.3 is 11.7 Å². The number of nitrogens with zero attached hydrogens (tertiary/aromatic N) is 6. The van der Waals surface area contributed by atoms with Gasteiger partial charge in [-0.15, -0.1) is 0 Å². The molecule has 0 aliphatic carbocycles. The highest BCUT2D eigenvalue weighted by Crippen LogP contribution is 2.31. The smallest absolute Gasteiger partial charge is 0.368 e. The Balaban J connectivity index is 1.61. The molecule has 0 unspecified atom stereocenters. The average Bonchev–Trinajstić information content (AvgIpc) is 3.31. The second kappa shape index (κ2) is 9.75. The van der Waals surface area contributed by atoms with Gasteiger partial charge in [-0.1, -0.05) is 17.7 Å². The second-order valence-electron chi connectivity index (χ2n) is 7.97. The fourth-order valence-corrected chi connectivity index (χ4v) is 4.07. The van der Waals surface area contributed by atoms with Crippen LogP contribution in [0.25, 0.3) is 16.9 Å². The van der Waals surface area contributed by atoms with Gasteiger partial charge in [0, 0.05) is 35.8 Å². The number of tetrazole rings is 1. The summed E-state index contributed by atoms with van der Waals surface area (Å²) in [6, 6.07) is 10.9. The average molecular weight is 497 g/mol. The van der Waals surface area contributed by atoms with E-state index in [4.69, 9.17) is 21.1 Å². The van der Waals surface area contributed by atoms with E-state index in [1.165, 1.54) is 16.4 Å². The van der Waals surface area contributed by atoms with Crippen LogP contribution in [-0.2, 0) is 25.4 Å². The zero-order chi connectivity index (χ0) is 25.3. The summed E-state index contributed by atoms with van der Waals surface area (Å²) in [7, 11) is 3.24. The molecule has 0 saturated heterocycles. The molecule has 0 N–H and O–H groups in total. The van der Waals surface area contributed by atoms with Crippen LogP contribution in [0, 0.1) is 13.8 Å². The molecule has 4 aromatic rings. The van der Waals surface area contributed by atoms with Crippen LogP contribution >= 0.6 is 11.6 Å². The maximum atomic E-state index is 12.3. The fourth-order valence-electron chi connectivity index (χ4n) is 3.85. The lowest BCUT2D eigenvalue weighted by atomic mass is 10.0. The molecular formula is C24H25ClN6O4. The molecular weight excluding hydrogens is 472 g/mol. The molecule has 10 nitrogen and oxygen atoms in total. The van der Waals surface area contributed by atoms with Crippen molar-refractivity contribution < 1.29 is 14.3 Å². The third-order valence-electron chi connectivity index (χ3n) is 5.62. The van der Waals surface area contributed by atoms with E-state index in [1.807, 2.05) is 32.0 Å². The third-order valence-corrected chi connectivity index (χ3v) is 5.97. The Hall–Kier alpha value is -3.92. The third kappa shape index (κ3) is 4.57. The van der Waals surface area contributed by atoms with Crippen LogP contribution in [0.5, 0.6) is 5.75 Å². The van der Waals surface area contributed by atoms with Crippen molar-refractivity contribution in [1.29, 1.82) is 0 Å². The van der Waals surface area contributed by atoms with Crippen molar-refractivity contribution in [2.45, 2.75) is 27.4 Å². The van der Waals surface area contributed by atoms with Gasteiger partial charge in [0.05, 0.1) is 18.0 Å². The first-order valence-corrected chi connectivity index (χ1v) is 11.3. The van der Waals surface area contributed by atoms with Gasteiger partial charge in [0.25, 0.3) is 0 Å². The summed E-state index contributed by atoms with van der Waals surface area (Å²) in [5.74, 6) is 0.242. The van der Waals surface area contributed by atoms with Crippen LogP contribution in [0.15, 0.2) is 41.2 Å². The lowest BCUT2D eigenvalue weighted by Crippen LogP contribution is -2.23. The van der Waals surface area contributed by atoms with Crippen molar-refractivity contribution in [3.05, 3.63) is 74.3 Å². The maximum Gasteiger partial charge on any atom is 0.368 e. The summed E-state index contributed by atoms with van der Waals surface area (Å²) in [4.78, 5) is 24.7. The number of halogens is 1. The Labute approximate surface area is 206 Å². The van der Waals surface area contributed by atoms with E-state index < -0.39 is 5.97 Å². The van der Waals surface area contributed by atoms with Crippen molar-refractivity contribution in [3.8, 4) is 22.7 Å². The van der Waals surface area contributed by atoms with Crippen LogP contribution in [0.4, 0.5) is 0 Å². The molecule has 0 aliphatic heterocycles. The zero-order valence-electron chi connectivity index (χ0n) is 20.1. The van der Waals surface area contributed by atoms with Crippen LogP contribution in [0.1, 0.15) is 34.1 Å². The standard InChI is InChI=1S/C24H25ClN6O4/c1-6-34-23(32)22-15(3)21(26-29(22)4)16-10-11-20(14(2)12-16)35-13-17-18(25)8-7-9-19(17)31-24(33)30(5)27-28-31/h7-12H,6,13H2,1-5H3. The Morgan fingerprint density at radius 1 is 1.09 bits per heavy atom. The summed E-state index contributed by atoms with van der Waals surface area (Å²) < 4.78 is 15.1. The highest BCUT2D eigenvalue weighted by atomic mass is 35.5. The number of aromatic nitrogens is 6. The largest absolute Gasteiger partial charge is 0.488 e. The normalized spacial score (nSPS) is 11.0. The topological polar surface area (TPSA) is 106 Å². The molecule has 35 heavy (non-hydrogen) atoms. The fraction of sp³-hybridized carbons (Fsp3) is 0.292. The lowest BCUT2D eigenvalue weighted by Gasteiger charge is -2.14. The van der Waals surface area contributed by atoms with Crippen molar-refractivity contribution >= 4 is 17.6 Å². The molecule has 2 aromatic carbocycles. The SMILES string of the molecule is CCOC(=O)c1c(C)c(-c2ccc(OCc3c(Cl)cccc3-n3nnn(C)c3=O)c(C)c2)nn1C. The first-order chi connectivity index (χ1) is 16.7. The first-order valence-electron chi connectivity index (χ1n) is 10.9. The molecule has 0 saturated carbocycles. The van der Waals surface area contributed by atoms with Crippen molar-refractivity contribution in [3.63, 3.8) is 0 Å². The van der Waals surface area contributed by atoms with E-state index in [0.717, 1.165) is 21.4 Å². The van der Waals surface area contributed by atoms with Crippen LogP contribution < -0.4 is 10.4 Å². The monoisotopic (exact) mass is 496 g/mol. The summed E-state index contributed by atoms with van der Waals surface area (Å²) in [5, 5.41) is 12.6. The van der Waals surface area contributed by atoms with Gasteiger partial charge in [-0.2, -0.15) is 14.5 Å². The van der Waals surface area contributed by atoms with Gasteiger partial charge in [-0.3, -0.25) is 4.68 Å². The van der Waals surface area contributed by atoms with Crippen LogP contribution in [-0.4, -0.2) is 42.1 Å². The molecule has 0 atom stereocenters. The molecule has 0 amide bonds. The minimum Gasteiger partial charge on any atom is -0.488 e. The Bertz CT molecular complexity index is 1470. The van der Waals surface area contributed by atoms with Gasteiger partial charge in [-0.05, 0) is 67.1 Å². The van der Waals surface area contributed by atoms with Crippen molar-refractivity contribution in [2.24, 2.45) is 14.1 Å². The van der Waals surface area contributed by atoms with E-state index in [-0.39, 0.29) is 12.3 Å². The minimum atomic E-state index is -0.402. The van der Waals surface area contributed by atoms with Gasteiger partial charge in [0.1, 0.15) is 18.1 Å². The predicted molar refractivity (Wildman–Crippen MR) is 130 cm³/mol. The highest BCUT2D eigenvalue weighted by molar-refractivity contribution is 6.31. The Morgan fingerprint density at radius 3 is 2.51 bits per heavy atom. The molecule has 0 bridgehead atoms. The lowest BCUT2D eigenvalue weighted by molar-refractivity contribution is 0.0512. The van der Waals surface area contributed by atoms with Crippen molar-refractivity contribution in [2.75, 3.05) is 6.61 Å². The van der Waals surface area contributed by atoms with E-state index in [0.29, 0.717) is 40.0 Å². The van der Waals surface area contributed by atoms with Gasteiger partial charge in [-0.25, -0.2) is 9.59 Å². The molecule has 2 heterocycles.